The van der Waals surface area contributed by atoms with Gasteiger partial charge in [0, 0.05) is 43.3 Å². The number of hydrogen-bond donors (Lipinski definition) is 1. The fourth-order valence-corrected chi connectivity index (χ4v) is 4.50. The van der Waals surface area contributed by atoms with Gasteiger partial charge in [-0.05, 0) is 32.4 Å². The Labute approximate surface area is 149 Å². The molecule has 3 aliphatic rings. The van der Waals surface area contributed by atoms with E-state index in [1.807, 2.05) is 6.07 Å². The highest BCUT2D eigenvalue weighted by molar-refractivity contribution is 5.61. The van der Waals surface area contributed by atoms with E-state index < -0.39 is 0 Å². The third-order valence-electron chi connectivity index (χ3n) is 5.83. The van der Waals surface area contributed by atoms with Crippen LogP contribution in [0.5, 0.6) is 0 Å². The molecular formula is C20H25N5. The van der Waals surface area contributed by atoms with Crippen LogP contribution in [0, 0.1) is 0 Å². The molecular weight excluding hydrogens is 310 g/mol. The molecule has 2 aromatic rings. The number of fused-ring (bicyclic) bond motifs is 2. The van der Waals surface area contributed by atoms with Gasteiger partial charge in [-0.2, -0.15) is 0 Å². The molecule has 3 aliphatic heterocycles. The lowest BCUT2D eigenvalue weighted by Gasteiger charge is -2.39. The van der Waals surface area contributed by atoms with Crippen LogP contribution < -0.4 is 10.2 Å². The molecule has 0 unspecified atom stereocenters. The predicted molar refractivity (Wildman–Crippen MR) is 99.7 cm³/mol. The molecule has 1 atom stereocenters. The molecule has 0 radical (unpaired) electrons. The number of aromatic nitrogens is 2. The van der Waals surface area contributed by atoms with Gasteiger partial charge in [0.15, 0.2) is 5.82 Å². The van der Waals surface area contributed by atoms with E-state index >= 15 is 0 Å². The molecule has 5 heteroatoms. The zero-order valence-electron chi connectivity index (χ0n) is 14.6. The van der Waals surface area contributed by atoms with E-state index in [1.54, 1.807) is 0 Å². The average Bonchev–Trinajstić information content (AvgIpc) is 3.15. The first-order valence-corrected chi connectivity index (χ1v) is 9.53. The van der Waals surface area contributed by atoms with Crippen molar-refractivity contribution in [3.05, 3.63) is 41.6 Å². The number of nitrogens with one attached hydrogen (secondary N) is 1. The summed E-state index contributed by atoms with van der Waals surface area (Å²) in [6, 6.07) is 11.1. The SMILES string of the molecule is c1ccc(-c2nc3c(c(N4CCN5CCC[C@@H]5C4)n2)CCNC3)cc1. The summed E-state index contributed by atoms with van der Waals surface area (Å²) in [5.41, 5.74) is 3.66. The Morgan fingerprint density at radius 2 is 1.96 bits per heavy atom. The number of benzene rings is 1. The molecule has 0 saturated carbocycles. The predicted octanol–water partition coefficient (Wildman–Crippen LogP) is 2.07. The van der Waals surface area contributed by atoms with Crippen molar-refractivity contribution in [2.45, 2.75) is 31.8 Å². The monoisotopic (exact) mass is 335 g/mol. The second-order valence-corrected chi connectivity index (χ2v) is 7.37. The Morgan fingerprint density at radius 1 is 1.04 bits per heavy atom. The molecule has 1 N–H and O–H groups in total. The molecule has 1 aromatic carbocycles. The molecule has 0 bridgehead atoms. The van der Waals surface area contributed by atoms with Gasteiger partial charge in [-0.15, -0.1) is 0 Å². The summed E-state index contributed by atoms with van der Waals surface area (Å²) in [4.78, 5) is 15.1. The van der Waals surface area contributed by atoms with Crippen LogP contribution in [-0.4, -0.2) is 53.6 Å². The van der Waals surface area contributed by atoms with Crippen molar-refractivity contribution in [1.29, 1.82) is 0 Å². The Bertz CT molecular complexity index is 760. The Hall–Kier alpha value is -1.98. The summed E-state index contributed by atoms with van der Waals surface area (Å²) in [5, 5.41) is 3.47. The number of hydrogen-bond acceptors (Lipinski definition) is 5. The van der Waals surface area contributed by atoms with E-state index in [0.717, 1.165) is 44.0 Å². The number of anilines is 1. The highest BCUT2D eigenvalue weighted by Crippen LogP contribution is 2.31. The van der Waals surface area contributed by atoms with Crippen LogP contribution in [0.1, 0.15) is 24.1 Å². The van der Waals surface area contributed by atoms with Gasteiger partial charge in [0.25, 0.3) is 0 Å². The largest absolute Gasteiger partial charge is 0.353 e. The van der Waals surface area contributed by atoms with Gasteiger partial charge in [0.2, 0.25) is 0 Å². The Balaban J connectivity index is 1.55. The average molecular weight is 335 g/mol. The molecule has 1 aromatic heterocycles. The smallest absolute Gasteiger partial charge is 0.161 e. The number of nitrogens with zero attached hydrogens (tertiary/aromatic N) is 4. The van der Waals surface area contributed by atoms with Crippen LogP contribution in [0.15, 0.2) is 30.3 Å². The Morgan fingerprint density at radius 3 is 2.88 bits per heavy atom. The van der Waals surface area contributed by atoms with Crippen LogP contribution in [-0.2, 0) is 13.0 Å². The molecule has 2 saturated heterocycles. The molecule has 4 heterocycles. The zero-order valence-corrected chi connectivity index (χ0v) is 14.6. The summed E-state index contributed by atoms with van der Waals surface area (Å²) < 4.78 is 0. The second kappa shape index (κ2) is 6.39. The minimum atomic E-state index is 0.709. The van der Waals surface area contributed by atoms with Crippen molar-refractivity contribution in [3.63, 3.8) is 0 Å². The van der Waals surface area contributed by atoms with Gasteiger partial charge in [0.05, 0.1) is 5.69 Å². The van der Waals surface area contributed by atoms with Crippen molar-refractivity contribution in [2.24, 2.45) is 0 Å². The summed E-state index contributed by atoms with van der Waals surface area (Å²) in [7, 11) is 0. The normalized spacial score (nSPS) is 23.4. The first kappa shape index (κ1) is 15.3. The zero-order chi connectivity index (χ0) is 16.6. The molecule has 2 fully saturated rings. The van der Waals surface area contributed by atoms with Gasteiger partial charge in [-0.3, -0.25) is 4.90 Å². The first-order chi connectivity index (χ1) is 12.4. The number of rotatable bonds is 2. The lowest BCUT2D eigenvalue weighted by molar-refractivity contribution is 0.230. The van der Waals surface area contributed by atoms with Gasteiger partial charge >= 0.3 is 0 Å². The lowest BCUT2D eigenvalue weighted by atomic mass is 10.0. The highest BCUT2D eigenvalue weighted by Gasteiger charge is 2.33. The van der Waals surface area contributed by atoms with E-state index in [1.165, 1.54) is 43.0 Å². The fourth-order valence-electron chi connectivity index (χ4n) is 4.50. The standard InChI is InChI=1S/C20H25N5/c1-2-5-15(6-3-1)19-22-18-13-21-9-8-17(18)20(23-19)25-12-11-24-10-4-7-16(24)14-25/h1-3,5-6,16,21H,4,7-14H2/t16-/m1/s1. The van der Waals surface area contributed by atoms with Crippen LogP contribution in [0.25, 0.3) is 11.4 Å². The van der Waals surface area contributed by atoms with Crippen LogP contribution in [0.4, 0.5) is 5.82 Å². The maximum absolute atomic E-state index is 5.06. The van der Waals surface area contributed by atoms with Crippen molar-refractivity contribution in [3.8, 4) is 11.4 Å². The van der Waals surface area contributed by atoms with E-state index in [4.69, 9.17) is 9.97 Å². The van der Waals surface area contributed by atoms with Crippen LogP contribution >= 0.6 is 0 Å². The van der Waals surface area contributed by atoms with Crippen LogP contribution in [0.2, 0.25) is 0 Å². The molecule has 5 nitrogen and oxygen atoms in total. The van der Waals surface area contributed by atoms with Crippen molar-refractivity contribution in [1.82, 2.24) is 20.2 Å². The third-order valence-corrected chi connectivity index (χ3v) is 5.83. The van der Waals surface area contributed by atoms with Gasteiger partial charge in [-0.25, -0.2) is 9.97 Å². The lowest BCUT2D eigenvalue weighted by Crippen LogP contribution is -2.51. The number of piperazine rings is 1. The summed E-state index contributed by atoms with van der Waals surface area (Å²) >= 11 is 0. The summed E-state index contributed by atoms with van der Waals surface area (Å²) in [6.45, 7) is 6.53. The molecule has 0 aliphatic carbocycles. The van der Waals surface area contributed by atoms with Crippen LogP contribution in [0.3, 0.4) is 0 Å². The van der Waals surface area contributed by atoms with E-state index in [0.29, 0.717) is 6.04 Å². The Kier molecular flexibility index (Phi) is 3.91. The van der Waals surface area contributed by atoms with Gasteiger partial charge < -0.3 is 10.2 Å². The van der Waals surface area contributed by atoms with Gasteiger partial charge in [0.1, 0.15) is 5.82 Å². The molecule has 5 rings (SSSR count). The minimum Gasteiger partial charge on any atom is -0.353 e. The van der Waals surface area contributed by atoms with E-state index in [9.17, 15) is 0 Å². The van der Waals surface area contributed by atoms with E-state index in [-0.39, 0.29) is 0 Å². The maximum atomic E-state index is 5.06. The van der Waals surface area contributed by atoms with Gasteiger partial charge in [-0.1, -0.05) is 30.3 Å². The fraction of sp³-hybridized carbons (Fsp3) is 0.500. The van der Waals surface area contributed by atoms with Crippen molar-refractivity contribution < 1.29 is 0 Å². The highest BCUT2D eigenvalue weighted by atomic mass is 15.3. The van der Waals surface area contributed by atoms with Crippen molar-refractivity contribution in [2.75, 3.05) is 37.6 Å². The quantitative estimate of drug-likeness (QED) is 0.910. The third kappa shape index (κ3) is 2.81. The first-order valence-electron chi connectivity index (χ1n) is 9.53. The minimum absolute atomic E-state index is 0.709. The molecule has 0 amide bonds. The summed E-state index contributed by atoms with van der Waals surface area (Å²) in [6.07, 6.45) is 3.71. The second-order valence-electron chi connectivity index (χ2n) is 7.37. The molecule has 0 spiro atoms. The maximum Gasteiger partial charge on any atom is 0.161 e. The van der Waals surface area contributed by atoms with E-state index in [2.05, 4.69) is 39.4 Å². The molecule has 130 valence electrons. The van der Waals surface area contributed by atoms with Crippen molar-refractivity contribution >= 4 is 5.82 Å². The summed E-state index contributed by atoms with van der Waals surface area (Å²) in [5.74, 6) is 2.06. The molecule has 25 heavy (non-hydrogen) atoms. The topological polar surface area (TPSA) is 44.3 Å².